The minimum atomic E-state index is -3.83. The first-order valence-corrected chi connectivity index (χ1v) is 10.2. The number of hydrogen-bond donors (Lipinski definition) is 2. The highest BCUT2D eigenvalue weighted by molar-refractivity contribution is 7.92. The van der Waals surface area contributed by atoms with E-state index in [0.29, 0.717) is 11.3 Å². The Morgan fingerprint density at radius 1 is 0.759 bits per heavy atom. The van der Waals surface area contributed by atoms with Crippen LogP contribution in [0.25, 0.3) is 0 Å². The Labute approximate surface area is 167 Å². The molecule has 0 aliphatic rings. The van der Waals surface area contributed by atoms with E-state index < -0.39 is 15.8 Å². The predicted octanol–water partition coefficient (Wildman–Crippen LogP) is 3.62. The van der Waals surface area contributed by atoms with Crippen LogP contribution < -0.4 is 10.0 Å². The van der Waals surface area contributed by atoms with Crippen molar-refractivity contribution < 1.29 is 22.0 Å². The zero-order valence-electron chi connectivity index (χ0n) is 15.2. The van der Waals surface area contributed by atoms with E-state index >= 15 is 0 Å². The normalized spacial score (nSPS) is 11.1. The minimum Gasteiger partial charge on any atom is -0.352 e. The molecule has 0 aromatic heterocycles. The fourth-order valence-corrected chi connectivity index (χ4v) is 3.63. The molecule has 0 aliphatic carbocycles. The van der Waals surface area contributed by atoms with Gasteiger partial charge in [0.1, 0.15) is 11.6 Å². The van der Waals surface area contributed by atoms with Gasteiger partial charge in [0, 0.05) is 12.2 Å². The van der Waals surface area contributed by atoms with E-state index in [2.05, 4.69) is 10.0 Å². The molecule has 8 heteroatoms. The van der Waals surface area contributed by atoms with E-state index in [0.717, 1.165) is 17.7 Å². The molecule has 0 unspecified atom stereocenters. The number of amides is 1. The molecule has 0 bridgehead atoms. The number of carbonyl (C=O) groups is 1. The quantitative estimate of drug-likeness (QED) is 0.618. The SMILES string of the molecule is O=C(Cc1ccc(NS(=O)(=O)c2ccc(F)cc2)cc1)NCc1ccc(F)cc1. The molecule has 0 heterocycles. The standard InChI is InChI=1S/C21H18F2N2O3S/c22-17-5-1-16(2-6-17)14-24-21(26)13-15-3-9-19(10-4-15)25-29(27,28)20-11-7-18(23)8-12-20/h1-12,25H,13-14H2,(H,24,26). The van der Waals surface area contributed by atoms with E-state index in [1.807, 2.05) is 0 Å². The van der Waals surface area contributed by atoms with Crippen molar-refractivity contribution in [3.05, 3.63) is 95.6 Å². The molecule has 5 nitrogen and oxygen atoms in total. The molecule has 3 rings (SSSR count). The van der Waals surface area contributed by atoms with E-state index in [9.17, 15) is 22.0 Å². The Balaban J connectivity index is 1.56. The van der Waals surface area contributed by atoms with Gasteiger partial charge in [-0.3, -0.25) is 9.52 Å². The molecule has 29 heavy (non-hydrogen) atoms. The fourth-order valence-electron chi connectivity index (χ4n) is 2.57. The van der Waals surface area contributed by atoms with Gasteiger partial charge < -0.3 is 5.32 Å². The van der Waals surface area contributed by atoms with Crippen molar-refractivity contribution in [2.24, 2.45) is 0 Å². The van der Waals surface area contributed by atoms with Crippen LogP contribution >= 0.6 is 0 Å². The van der Waals surface area contributed by atoms with E-state index in [1.165, 1.54) is 24.3 Å². The average molecular weight is 416 g/mol. The van der Waals surface area contributed by atoms with Gasteiger partial charge in [0.25, 0.3) is 10.0 Å². The number of halogens is 2. The van der Waals surface area contributed by atoms with Gasteiger partial charge in [0.15, 0.2) is 0 Å². The molecule has 0 saturated carbocycles. The topological polar surface area (TPSA) is 75.3 Å². The van der Waals surface area contributed by atoms with E-state index in [4.69, 9.17) is 0 Å². The third kappa shape index (κ3) is 5.86. The molecule has 0 saturated heterocycles. The number of rotatable bonds is 7. The highest BCUT2D eigenvalue weighted by Gasteiger charge is 2.14. The van der Waals surface area contributed by atoms with Crippen molar-refractivity contribution in [1.82, 2.24) is 5.32 Å². The smallest absolute Gasteiger partial charge is 0.261 e. The summed E-state index contributed by atoms with van der Waals surface area (Å²) in [5, 5.41) is 2.74. The zero-order valence-corrected chi connectivity index (χ0v) is 16.0. The Bertz CT molecular complexity index is 1080. The van der Waals surface area contributed by atoms with Gasteiger partial charge in [-0.2, -0.15) is 0 Å². The van der Waals surface area contributed by atoms with Crippen LogP contribution in [0.5, 0.6) is 0 Å². The van der Waals surface area contributed by atoms with Gasteiger partial charge in [0.05, 0.1) is 11.3 Å². The van der Waals surface area contributed by atoms with Crippen molar-refractivity contribution >= 4 is 21.6 Å². The number of carbonyl (C=O) groups excluding carboxylic acids is 1. The maximum Gasteiger partial charge on any atom is 0.261 e. The molecular formula is C21H18F2N2O3S. The predicted molar refractivity (Wildman–Crippen MR) is 106 cm³/mol. The molecular weight excluding hydrogens is 398 g/mol. The highest BCUT2D eigenvalue weighted by Crippen LogP contribution is 2.17. The summed E-state index contributed by atoms with van der Waals surface area (Å²) in [4.78, 5) is 12.0. The summed E-state index contributed by atoms with van der Waals surface area (Å²) in [5.41, 5.74) is 1.81. The van der Waals surface area contributed by atoms with Gasteiger partial charge in [-0.25, -0.2) is 17.2 Å². The number of sulfonamides is 1. The molecule has 0 aliphatic heterocycles. The van der Waals surface area contributed by atoms with E-state index in [1.54, 1.807) is 36.4 Å². The third-order valence-corrected chi connectivity index (χ3v) is 5.49. The fraction of sp³-hybridized carbons (Fsp3) is 0.0952. The Morgan fingerprint density at radius 2 is 1.28 bits per heavy atom. The molecule has 0 fully saturated rings. The van der Waals surface area contributed by atoms with Crippen LogP contribution in [-0.2, 0) is 27.8 Å². The lowest BCUT2D eigenvalue weighted by atomic mass is 10.1. The lowest BCUT2D eigenvalue weighted by molar-refractivity contribution is -0.120. The average Bonchev–Trinajstić information content (AvgIpc) is 2.69. The van der Waals surface area contributed by atoms with Gasteiger partial charge in [0.2, 0.25) is 5.91 Å². The molecule has 1 amide bonds. The van der Waals surface area contributed by atoms with Gasteiger partial charge in [-0.05, 0) is 59.7 Å². The number of nitrogens with one attached hydrogen (secondary N) is 2. The number of anilines is 1. The Kier molecular flexibility index (Phi) is 6.23. The Morgan fingerprint density at radius 3 is 1.86 bits per heavy atom. The van der Waals surface area contributed by atoms with Gasteiger partial charge in [-0.1, -0.05) is 24.3 Å². The summed E-state index contributed by atoms with van der Waals surface area (Å²) >= 11 is 0. The first kappa shape index (κ1) is 20.5. The zero-order chi connectivity index (χ0) is 20.9. The van der Waals surface area contributed by atoms with Gasteiger partial charge >= 0.3 is 0 Å². The first-order chi connectivity index (χ1) is 13.8. The van der Waals surface area contributed by atoms with Crippen LogP contribution in [0.4, 0.5) is 14.5 Å². The second-order valence-electron chi connectivity index (χ2n) is 6.34. The van der Waals surface area contributed by atoms with Crippen LogP contribution in [0.2, 0.25) is 0 Å². The van der Waals surface area contributed by atoms with Crippen molar-refractivity contribution in [2.75, 3.05) is 4.72 Å². The van der Waals surface area contributed by atoms with Crippen LogP contribution in [0.3, 0.4) is 0 Å². The number of benzene rings is 3. The monoisotopic (exact) mass is 416 g/mol. The van der Waals surface area contributed by atoms with Crippen LogP contribution in [0.1, 0.15) is 11.1 Å². The summed E-state index contributed by atoms with van der Waals surface area (Å²) in [6.07, 6.45) is 0.117. The van der Waals surface area contributed by atoms with Crippen molar-refractivity contribution in [3.8, 4) is 0 Å². The maximum atomic E-state index is 13.0. The lowest BCUT2D eigenvalue weighted by Gasteiger charge is -2.09. The molecule has 0 atom stereocenters. The second kappa shape index (κ2) is 8.83. The van der Waals surface area contributed by atoms with Gasteiger partial charge in [-0.15, -0.1) is 0 Å². The first-order valence-electron chi connectivity index (χ1n) is 8.70. The minimum absolute atomic E-state index is 0.0526. The highest BCUT2D eigenvalue weighted by atomic mass is 32.2. The summed E-state index contributed by atoms with van der Waals surface area (Å²) in [6, 6.07) is 16.7. The maximum absolute atomic E-state index is 13.0. The summed E-state index contributed by atoms with van der Waals surface area (Å²) in [5.74, 6) is -1.07. The van der Waals surface area contributed by atoms with Crippen molar-refractivity contribution in [2.45, 2.75) is 17.9 Å². The lowest BCUT2D eigenvalue weighted by Crippen LogP contribution is -2.24. The molecule has 0 radical (unpaired) electrons. The van der Waals surface area contributed by atoms with E-state index in [-0.39, 0.29) is 29.6 Å². The Hall–Kier alpha value is -3.26. The summed E-state index contributed by atoms with van der Waals surface area (Å²) < 4.78 is 52.8. The third-order valence-electron chi connectivity index (χ3n) is 4.10. The van der Waals surface area contributed by atoms with Crippen LogP contribution in [0, 0.1) is 11.6 Å². The molecule has 150 valence electrons. The summed E-state index contributed by atoms with van der Waals surface area (Å²) in [6.45, 7) is 0.286. The van der Waals surface area contributed by atoms with Crippen molar-refractivity contribution in [3.63, 3.8) is 0 Å². The largest absolute Gasteiger partial charge is 0.352 e. The molecule has 3 aromatic rings. The second-order valence-corrected chi connectivity index (χ2v) is 8.02. The number of hydrogen-bond acceptors (Lipinski definition) is 3. The summed E-state index contributed by atoms with van der Waals surface area (Å²) in [7, 11) is -3.83. The molecule has 0 spiro atoms. The molecule has 3 aromatic carbocycles. The van der Waals surface area contributed by atoms with Crippen LogP contribution in [0.15, 0.2) is 77.7 Å². The van der Waals surface area contributed by atoms with Crippen LogP contribution in [-0.4, -0.2) is 14.3 Å². The van der Waals surface area contributed by atoms with Crippen molar-refractivity contribution in [1.29, 1.82) is 0 Å². The molecule has 2 N–H and O–H groups in total.